The van der Waals surface area contributed by atoms with Gasteiger partial charge in [0.1, 0.15) is 0 Å². The van der Waals surface area contributed by atoms with Crippen LogP contribution in [0.1, 0.15) is 26.2 Å². The van der Waals surface area contributed by atoms with E-state index < -0.39 is 0 Å². The zero-order chi connectivity index (χ0) is 10.1. The number of rotatable bonds is 3. The van der Waals surface area contributed by atoms with Gasteiger partial charge in [0.2, 0.25) is 5.88 Å². The Labute approximate surface area is 88.4 Å². The largest absolute Gasteiger partial charge is 0.493 e. The molecule has 1 unspecified atom stereocenters. The minimum absolute atomic E-state index is 0.137. The number of hydrogen-bond acceptors (Lipinski definition) is 4. The molecule has 1 heterocycles. The molecule has 2 rings (SSSR count). The van der Waals surface area contributed by atoms with E-state index in [1.165, 1.54) is 30.6 Å². The van der Waals surface area contributed by atoms with Gasteiger partial charge in [-0.2, -0.15) is 4.98 Å². The Morgan fingerprint density at radius 3 is 2.79 bits per heavy atom. The summed E-state index contributed by atoms with van der Waals surface area (Å²) in [5, 5.41) is 11.8. The second-order valence-electron chi connectivity index (χ2n) is 4.03. The normalized spacial score (nSPS) is 19.0. The lowest BCUT2D eigenvalue weighted by atomic mass is 9.80. The number of thiazole rings is 1. The summed E-state index contributed by atoms with van der Waals surface area (Å²) in [7, 11) is 2.06. The molecule has 1 aliphatic carbocycles. The SMILES string of the molecule is CC(C1CCC1)N(C)c1nc(O)cs1. The summed E-state index contributed by atoms with van der Waals surface area (Å²) >= 11 is 1.50. The third kappa shape index (κ3) is 1.71. The molecule has 0 aromatic carbocycles. The Hall–Kier alpha value is -0.770. The minimum Gasteiger partial charge on any atom is -0.493 e. The van der Waals surface area contributed by atoms with E-state index >= 15 is 0 Å². The zero-order valence-electron chi connectivity index (χ0n) is 8.60. The maximum atomic E-state index is 9.17. The molecule has 1 fully saturated rings. The van der Waals surface area contributed by atoms with Crippen LogP contribution in [0.25, 0.3) is 0 Å². The van der Waals surface area contributed by atoms with Gasteiger partial charge < -0.3 is 10.0 Å². The van der Waals surface area contributed by atoms with Crippen molar-refractivity contribution in [2.24, 2.45) is 5.92 Å². The van der Waals surface area contributed by atoms with E-state index in [1.54, 1.807) is 5.38 Å². The first-order valence-electron chi connectivity index (χ1n) is 5.06. The summed E-state index contributed by atoms with van der Waals surface area (Å²) in [6.45, 7) is 2.24. The highest BCUT2D eigenvalue weighted by Gasteiger charge is 2.27. The van der Waals surface area contributed by atoms with Gasteiger partial charge >= 0.3 is 0 Å². The molecule has 0 spiro atoms. The van der Waals surface area contributed by atoms with Crippen molar-refractivity contribution in [1.82, 2.24) is 4.98 Å². The summed E-state index contributed by atoms with van der Waals surface area (Å²) < 4.78 is 0. The van der Waals surface area contributed by atoms with Crippen LogP contribution >= 0.6 is 11.3 Å². The quantitative estimate of drug-likeness (QED) is 0.836. The van der Waals surface area contributed by atoms with E-state index in [2.05, 4.69) is 23.9 Å². The fraction of sp³-hybridized carbons (Fsp3) is 0.700. The molecular formula is C10H16N2OS. The molecule has 0 saturated heterocycles. The Bertz CT molecular complexity index is 309. The lowest BCUT2D eigenvalue weighted by Crippen LogP contribution is -2.38. The van der Waals surface area contributed by atoms with Crippen molar-refractivity contribution in [2.45, 2.75) is 32.2 Å². The number of aromatic nitrogens is 1. The van der Waals surface area contributed by atoms with Crippen molar-refractivity contribution in [1.29, 1.82) is 0 Å². The van der Waals surface area contributed by atoms with Crippen LogP contribution in [0.2, 0.25) is 0 Å². The number of aromatic hydroxyl groups is 1. The van der Waals surface area contributed by atoms with Crippen molar-refractivity contribution < 1.29 is 5.11 Å². The fourth-order valence-electron chi connectivity index (χ4n) is 1.83. The van der Waals surface area contributed by atoms with Gasteiger partial charge in [0, 0.05) is 13.1 Å². The van der Waals surface area contributed by atoms with Gasteiger partial charge in [0.25, 0.3) is 0 Å². The van der Waals surface area contributed by atoms with E-state index in [-0.39, 0.29) is 5.88 Å². The summed E-state index contributed by atoms with van der Waals surface area (Å²) in [5.41, 5.74) is 0. The molecule has 4 heteroatoms. The Balaban J connectivity index is 2.03. The lowest BCUT2D eigenvalue weighted by molar-refractivity contribution is 0.267. The van der Waals surface area contributed by atoms with Gasteiger partial charge in [-0.05, 0) is 25.7 Å². The smallest absolute Gasteiger partial charge is 0.223 e. The second-order valence-corrected chi connectivity index (χ2v) is 4.87. The highest BCUT2D eigenvalue weighted by atomic mass is 32.1. The van der Waals surface area contributed by atoms with Crippen molar-refractivity contribution in [3.05, 3.63) is 5.38 Å². The van der Waals surface area contributed by atoms with Crippen LogP contribution in [-0.2, 0) is 0 Å². The molecule has 0 radical (unpaired) electrons. The predicted molar refractivity (Wildman–Crippen MR) is 59.0 cm³/mol. The molecule has 0 aliphatic heterocycles. The van der Waals surface area contributed by atoms with Crippen LogP contribution in [-0.4, -0.2) is 23.2 Å². The minimum atomic E-state index is 0.137. The molecular weight excluding hydrogens is 196 g/mol. The third-order valence-corrected chi connectivity index (χ3v) is 4.14. The van der Waals surface area contributed by atoms with E-state index in [0.29, 0.717) is 6.04 Å². The summed E-state index contributed by atoms with van der Waals surface area (Å²) in [4.78, 5) is 6.25. The molecule has 78 valence electrons. The van der Waals surface area contributed by atoms with Gasteiger partial charge in [-0.25, -0.2) is 0 Å². The summed E-state index contributed by atoms with van der Waals surface area (Å²) in [6.07, 6.45) is 4.04. The average Bonchev–Trinajstić information content (AvgIpc) is 2.47. The van der Waals surface area contributed by atoms with Crippen LogP contribution < -0.4 is 4.90 Å². The Morgan fingerprint density at radius 1 is 1.64 bits per heavy atom. The molecule has 1 atom stereocenters. The van der Waals surface area contributed by atoms with Crippen LogP contribution in [0.3, 0.4) is 0 Å². The van der Waals surface area contributed by atoms with E-state index in [4.69, 9.17) is 5.11 Å². The first kappa shape index (κ1) is 9.77. The van der Waals surface area contributed by atoms with Crippen molar-refractivity contribution >= 4 is 16.5 Å². The first-order chi connectivity index (χ1) is 6.68. The van der Waals surface area contributed by atoms with E-state index in [9.17, 15) is 0 Å². The standard InChI is InChI=1S/C10H16N2OS/c1-7(8-4-3-5-8)12(2)10-11-9(13)6-14-10/h6-8,13H,3-5H2,1-2H3. The molecule has 1 aromatic heterocycles. The van der Waals surface area contributed by atoms with Gasteiger partial charge in [0.15, 0.2) is 5.13 Å². The third-order valence-electron chi connectivity index (χ3n) is 3.22. The predicted octanol–water partition coefficient (Wildman–Crippen LogP) is 2.47. The summed E-state index contributed by atoms with van der Waals surface area (Å²) in [6, 6.07) is 0.536. The second kappa shape index (κ2) is 3.77. The van der Waals surface area contributed by atoms with Crippen molar-refractivity contribution in [2.75, 3.05) is 11.9 Å². The highest BCUT2D eigenvalue weighted by Crippen LogP contribution is 2.34. The van der Waals surface area contributed by atoms with Crippen molar-refractivity contribution in [3.63, 3.8) is 0 Å². The van der Waals surface area contributed by atoms with E-state index in [0.717, 1.165) is 11.0 Å². The van der Waals surface area contributed by atoms with Crippen LogP contribution in [0.5, 0.6) is 5.88 Å². The topological polar surface area (TPSA) is 36.4 Å². The van der Waals surface area contributed by atoms with Crippen LogP contribution in [0.4, 0.5) is 5.13 Å². The summed E-state index contributed by atoms with van der Waals surface area (Å²) in [5.74, 6) is 0.948. The monoisotopic (exact) mass is 212 g/mol. The Morgan fingerprint density at radius 2 is 2.36 bits per heavy atom. The maximum absolute atomic E-state index is 9.17. The van der Waals surface area contributed by atoms with Gasteiger partial charge in [-0.1, -0.05) is 6.42 Å². The zero-order valence-corrected chi connectivity index (χ0v) is 9.42. The van der Waals surface area contributed by atoms with Gasteiger partial charge in [-0.15, -0.1) is 11.3 Å². The lowest BCUT2D eigenvalue weighted by Gasteiger charge is -2.37. The van der Waals surface area contributed by atoms with Gasteiger partial charge in [0.05, 0.1) is 5.38 Å². The number of anilines is 1. The highest BCUT2D eigenvalue weighted by molar-refractivity contribution is 7.13. The molecule has 0 bridgehead atoms. The molecule has 1 N–H and O–H groups in total. The molecule has 1 aliphatic rings. The number of hydrogen-bond donors (Lipinski definition) is 1. The molecule has 1 saturated carbocycles. The van der Waals surface area contributed by atoms with Crippen LogP contribution in [0, 0.1) is 5.92 Å². The van der Waals surface area contributed by atoms with Crippen LogP contribution in [0.15, 0.2) is 5.38 Å². The molecule has 1 aromatic rings. The molecule has 14 heavy (non-hydrogen) atoms. The van der Waals surface area contributed by atoms with Gasteiger partial charge in [-0.3, -0.25) is 0 Å². The number of nitrogens with zero attached hydrogens (tertiary/aromatic N) is 2. The van der Waals surface area contributed by atoms with Crippen molar-refractivity contribution in [3.8, 4) is 5.88 Å². The molecule has 0 amide bonds. The Kier molecular flexibility index (Phi) is 2.63. The average molecular weight is 212 g/mol. The molecule has 3 nitrogen and oxygen atoms in total. The maximum Gasteiger partial charge on any atom is 0.223 e. The fourth-order valence-corrected chi connectivity index (χ4v) is 2.57. The van der Waals surface area contributed by atoms with E-state index in [1.807, 2.05) is 0 Å². The first-order valence-corrected chi connectivity index (χ1v) is 5.94.